The van der Waals surface area contributed by atoms with Gasteiger partial charge in [-0.1, -0.05) is 18.2 Å². The number of carbonyl (C=O) groups is 1. The first-order valence-corrected chi connectivity index (χ1v) is 10.6. The Hall–Kier alpha value is -4.14. The second-order valence-corrected chi connectivity index (χ2v) is 8.15. The standard InChI is InChI=1S/C24H26N6O3/c1-16(2)30(19-12-10-18(11-13-19)26-17-8-6-5-7-9-17)20(31)14-29-15-25-22-21(29)23(32)28(4)24(33)27(22)3/h5-13,15-16,26H,14H2,1-4H3. The number of benzene rings is 2. The molecular formula is C24H26N6O3. The monoisotopic (exact) mass is 446 g/mol. The molecule has 2 heterocycles. The summed E-state index contributed by atoms with van der Waals surface area (Å²) in [7, 11) is 2.96. The van der Waals surface area contributed by atoms with Crippen molar-refractivity contribution in [2.75, 3.05) is 10.2 Å². The Morgan fingerprint density at radius 1 is 0.970 bits per heavy atom. The number of fused-ring (bicyclic) bond motifs is 1. The largest absolute Gasteiger partial charge is 0.356 e. The van der Waals surface area contributed by atoms with Crippen LogP contribution in [-0.4, -0.2) is 30.6 Å². The first-order valence-electron chi connectivity index (χ1n) is 10.6. The van der Waals surface area contributed by atoms with E-state index in [0.29, 0.717) is 0 Å². The van der Waals surface area contributed by atoms with Gasteiger partial charge in [-0.3, -0.25) is 18.7 Å². The second-order valence-electron chi connectivity index (χ2n) is 8.15. The summed E-state index contributed by atoms with van der Waals surface area (Å²) in [4.78, 5) is 44.0. The third-order valence-electron chi connectivity index (χ3n) is 5.52. The molecule has 0 saturated carbocycles. The molecule has 170 valence electrons. The van der Waals surface area contributed by atoms with Crippen LogP contribution in [0.25, 0.3) is 11.2 Å². The van der Waals surface area contributed by atoms with E-state index in [1.54, 1.807) is 11.9 Å². The third-order valence-corrected chi connectivity index (χ3v) is 5.52. The van der Waals surface area contributed by atoms with Crippen LogP contribution in [0.3, 0.4) is 0 Å². The lowest BCUT2D eigenvalue weighted by atomic mass is 10.2. The highest BCUT2D eigenvalue weighted by Crippen LogP contribution is 2.23. The summed E-state index contributed by atoms with van der Waals surface area (Å²) in [5, 5.41) is 3.33. The van der Waals surface area contributed by atoms with Crippen LogP contribution in [0.15, 0.2) is 70.5 Å². The average Bonchev–Trinajstić information content (AvgIpc) is 3.21. The maximum Gasteiger partial charge on any atom is 0.332 e. The van der Waals surface area contributed by atoms with Gasteiger partial charge in [0.05, 0.1) is 6.33 Å². The number of aromatic nitrogens is 4. The van der Waals surface area contributed by atoms with Gasteiger partial charge in [-0.05, 0) is 50.2 Å². The first kappa shape index (κ1) is 22.1. The molecule has 0 unspecified atom stereocenters. The van der Waals surface area contributed by atoms with E-state index in [-0.39, 0.29) is 29.7 Å². The normalized spacial score (nSPS) is 11.2. The zero-order valence-electron chi connectivity index (χ0n) is 19.0. The van der Waals surface area contributed by atoms with Crippen LogP contribution >= 0.6 is 0 Å². The lowest BCUT2D eigenvalue weighted by Gasteiger charge is -2.27. The predicted molar refractivity (Wildman–Crippen MR) is 129 cm³/mol. The van der Waals surface area contributed by atoms with Gasteiger partial charge >= 0.3 is 5.69 Å². The van der Waals surface area contributed by atoms with Gasteiger partial charge in [-0.15, -0.1) is 0 Å². The Bertz CT molecular complexity index is 1420. The summed E-state index contributed by atoms with van der Waals surface area (Å²) in [5.41, 5.74) is 2.17. The van der Waals surface area contributed by atoms with E-state index in [1.165, 1.54) is 22.5 Å². The summed E-state index contributed by atoms with van der Waals surface area (Å²) in [5.74, 6) is -0.191. The highest BCUT2D eigenvalue weighted by Gasteiger charge is 2.22. The third kappa shape index (κ3) is 4.17. The number of hydrogen-bond acceptors (Lipinski definition) is 5. The van der Waals surface area contributed by atoms with Gasteiger partial charge in [0.25, 0.3) is 5.56 Å². The summed E-state index contributed by atoms with van der Waals surface area (Å²) in [6.45, 7) is 3.79. The van der Waals surface area contributed by atoms with Crippen molar-refractivity contribution in [3.63, 3.8) is 0 Å². The maximum absolute atomic E-state index is 13.3. The van der Waals surface area contributed by atoms with Gasteiger partial charge in [-0.2, -0.15) is 0 Å². The summed E-state index contributed by atoms with van der Waals surface area (Å²) < 4.78 is 3.82. The maximum atomic E-state index is 13.3. The molecule has 0 radical (unpaired) electrons. The van der Waals surface area contributed by atoms with E-state index in [1.807, 2.05) is 68.4 Å². The number of amides is 1. The van der Waals surface area contributed by atoms with E-state index in [2.05, 4.69) is 10.3 Å². The van der Waals surface area contributed by atoms with Crippen molar-refractivity contribution in [1.82, 2.24) is 18.7 Å². The molecule has 4 rings (SSSR count). The van der Waals surface area contributed by atoms with Gasteiger partial charge in [0.1, 0.15) is 6.54 Å². The fourth-order valence-electron chi connectivity index (χ4n) is 3.86. The Balaban J connectivity index is 1.61. The van der Waals surface area contributed by atoms with Crippen LogP contribution in [-0.2, 0) is 25.4 Å². The van der Waals surface area contributed by atoms with E-state index in [9.17, 15) is 14.4 Å². The molecule has 4 aromatic rings. The molecule has 9 heteroatoms. The smallest absolute Gasteiger partial charge is 0.332 e. The number of carbonyl (C=O) groups excluding carboxylic acids is 1. The average molecular weight is 447 g/mol. The van der Waals surface area contributed by atoms with Crippen molar-refractivity contribution < 1.29 is 4.79 Å². The van der Waals surface area contributed by atoms with Gasteiger partial charge < -0.3 is 14.8 Å². The fourth-order valence-corrected chi connectivity index (χ4v) is 3.86. The molecule has 0 spiro atoms. The van der Waals surface area contributed by atoms with Crippen LogP contribution in [0.1, 0.15) is 13.8 Å². The fraction of sp³-hybridized carbons (Fsp3) is 0.250. The second kappa shape index (κ2) is 8.78. The molecule has 0 aliphatic carbocycles. The minimum atomic E-state index is -0.481. The number of rotatable bonds is 6. The van der Waals surface area contributed by atoms with Crippen molar-refractivity contribution in [3.05, 3.63) is 81.8 Å². The van der Waals surface area contributed by atoms with Crippen molar-refractivity contribution in [2.24, 2.45) is 14.1 Å². The van der Waals surface area contributed by atoms with E-state index >= 15 is 0 Å². The number of aryl methyl sites for hydroxylation is 1. The van der Waals surface area contributed by atoms with Crippen LogP contribution in [0.2, 0.25) is 0 Å². The lowest BCUT2D eigenvalue weighted by molar-refractivity contribution is -0.119. The molecule has 1 amide bonds. The van der Waals surface area contributed by atoms with E-state index in [4.69, 9.17) is 0 Å². The van der Waals surface area contributed by atoms with Crippen molar-refractivity contribution in [2.45, 2.75) is 26.4 Å². The van der Waals surface area contributed by atoms with Crippen molar-refractivity contribution >= 4 is 34.1 Å². The topological polar surface area (TPSA) is 94.2 Å². The zero-order valence-corrected chi connectivity index (χ0v) is 19.0. The molecule has 0 aliphatic heterocycles. The molecule has 0 aliphatic rings. The van der Waals surface area contributed by atoms with Crippen LogP contribution in [0, 0.1) is 0 Å². The molecule has 0 atom stereocenters. The van der Waals surface area contributed by atoms with E-state index < -0.39 is 11.2 Å². The Morgan fingerprint density at radius 2 is 1.61 bits per heavy atom. The number of imidazole rings is 1. The SMILES string of the molecule is CC(C)N(C(=O)Cn1cnc2c1c(=O)n(C)c(=O)n2C)c1ccc(Nc2ccccc2)cc1. The number of para-hydroxylation sites is 1. The zero-order chi connectivity index (χ0) is 23.7. The molecule has 0 bridgehead atoms. The molecule has 0 saturated heterocycles. The van der Waals surface area contributed by atoms with Crippen molar-refractivity contribution in [3.8, 4) is 0 Å². The summed E-state index contributed by atoms with van der Waals surface area (Å²) in [6.07, 6.45) is 1.43. The predicted octanol–water partition coefficient (Wildman–Crippen LogP) is 2.62. The van der Waals surface area contributed by atoms with Gasteiger partial charge in [-0.25, -0.2) is 9.78 Å². The highest BCUT2D eigenvalue weighted by molar-refractivity contribution is 5.94. The van der Waals surface area contributed by atoms with Crippen LogP contribution < -0.4 is 21.5 Å². The number of nitrogens with one attached hydrogen (secondary N) is 1. The highest BCUT2D eigenvalue weighted by atomic mass is 16.2. The number of anilines is 3. The van der Waals surface area contributed by atoms with Crippen LogP contribution in [0.4, 0.5) is 17.1 Å². The molecule has 9 nitrogen and oxygen atoms in total. The summed E-state index contributed by atoms with van der Waals surface area (Å²) >= 11 is 0. The molecular weight excluding hydrogens is 420 g/mol. The summed E-state index contributed by atoms with van der Waals surface area (Å²) in [6, 6.07) is 17.3. The minimum absolute atomic E-state index is 0.0772. The quantitative estimate of drug-likeness (QED) is 0.491. The van der Waals surface area contributed by atoms with Crippen molar-refractivity contribution in [1.29, 1.82) is 0 Å². The first-order chi connectivity index (χ1) is 15.8. The Labute approximate surface area is 190 Å². The molecule has 1 N–H and O–H groups in total. The van der Waals surface area contributed by atoms with Gasteiger partial charge in [0.15, 0.2) is 11.2 Å². The molecule has 2 aromatic carbocycles. The molecule has 33 heavy (non-hydrogen) atoms. The molecule has 2 aromatic heterocycles. The van der Waals surface area contributed by atoms with Crippen LogP contribution in [0.5, 0.6) is 0 Å². The molecule has 0 fully saturated rings. The van der Waals surface area contributed by atoms with E-state index in [0.717, 1.165) is 21.6 Å². The Kier molecular flexibility index (Phi) is 5.87. The van der Waals surface area contributed by atoms with Gasteiger partial charge in [0.2, 0.25) is 5.91 Å². The number of nitrogens with zero attached hydrogens (tertiary/aromatic N) is 5. The lowest BCUT2D eigenvalue weighted by Crippen LogP contribution is -2.40. The van der Waals surface area contributed by atoms with Gasteiger partial charge in [0, 0.05) is 37.2 Å². The minimum Gasteiger partial charge on any atom is -0.356 e. The Morgan fingerprint density at radius 3 is 2.24 bits per heavy atom. The number of hydrogen-bond donors (Lipinski definition) is 1.